The van der Waals surface area contributed by atoms with Gasteiger partial charge >= 0.3 is 0 Å². The van der Waals surface area contributed by atoms with Crippen molar-refractivity contribution in [1.29, 1.82) is 0 Å². The Hall–Kier alpha value is -2.41. The predicted molar refractivity (Wildman–Crippen MR) is 80.4 cm³/mol. The molecule has 0 aliphatic carbocycles. The van der Waals surface area contributed by atoms with Crippen LogP contribution in [-0.4, -0.2) is 15.1 Å². The number of aromatic nitrogens is 3. The van der Waals surface area contributed by atoms with Gasteiger partial charge in [-0.2, -0.15) is 4.98 Å². The van der Waals surface area contributed by atoms with Crippen LogP contribution >= 0.6 is 15.9 Å². The Morgan fingerprint density at radius 1 is 1.19 bits per heavy atom. The first-order valence-corrected chi connectivity index (χ1v) is 6.92. The van der Waals surface area contributed by atoms with Gasteiger partial charge in [0.2, 0.25) is 5.82 Å². The third-order valence-corrected chi connectivity index (χ3v) is 3.11. The Labute approximate surface area is 129 Å². The van der Waals surface area contributed by atoms with E-state index >= 15 is 0 Å². The van der Waals surface area contributed by atoms with Crippen molar-refractivity contribution in [3.05, 3.63) is 53.1 Å². The Morgan fingerprint density at radius 2 is 2.00 bits per heavy atom. The summed E-state index contributed by atoms with van der Waals surface area (Å²) in [6.45, 7) is 0.193. The fraction of sp³-hybridized carbons (Fsp3) is 0.0714. The van der Waals surface area contributed by atoms with Crippen molar-refractivity contribution in [3.8, 4) is 17.1 Å². The van der Waals surface area contributed by atoms with Crippen LogP contribution in [0.1, 0.15) is 5.89 Å². The second kappa shape index (κ2) is 5.92. The molecule has 2 aromatic heterocycles. The van der Waals surface area contributed by atoms with Gasteiger partial charge in [0.05, 0.1) is 0 Å². The van der Waals surface area contributed by atoms with Gasteiger partial charge in [0.1, 0.15) is 5.75 Å². The molecule has 106 valence electrons. The molecular weight excluding hydrogens is 336 g/mol. The lowest BCUT2D eigenvalue weighted by Crippen LogP contribution is -1.96. The lowest BCUT2D eigenvalue weighted by molar-refractivity contribution is 0.243. The number of nitrogen functional groups attached to an aromatic ring is 1. The van der Waals surface area contributed by atoms with E-state index in [4.69, 9.17) is 15.0 Å². The first-order chi connectivity index (χ1) is 10.2. The van der Waals surface area contributed by atoms with E-state index < -0.39 is 0 Å². The van der Waals surface area contributed by atoms with E-state index in [1.807, 2.05) is 6.07 Å². The molecule has 0 fully saturated rings. The molecule has 3 aromatic rings. The number of ether oxygens (including phenoxy) is 1. The lowest BCUT2D eigenvalue weighted by atomic mass is 10.3. The van der Waals surface area contributed by atoms with Gasteiger partial charge in [-0.1, -0.05) is 5.16 Å². The third kappa shape index (κ3) is 3.38. The summed E-state index contributed by atoms with van der Waals surface area (Å²) in [7, 11) is 0. The number of pyridine rings is 1. The molecule has 0 aliphatic rings. The average molecular weight is 347 g/mol. The van der Waals surface area contributed by atoms with Crippen LogP contribution in [0.5, 0.6) is 5.75 Å². The molecule has 0 amide bonds. The van der Waals surface area contributed by atoms with Gasteiger partial charge in [-0.15, -0.1) is 0 Å². The number of hydrogen-bond acceptors (Lipinski definition) is 6. The number of halogens is 1. The van der Waals surface area contributed by atoms with Gasteiger partial charge in [0, 0.05) is 28.1 Å². The second-order valence-electron chi connectivity index (χ2n) is 4.26. The molecule has 7 heteroatoms. The number of hydrogen-bond donors (Lipinski definition) is 1. The number of anilines is 1. The summed E-state index contributed by atoms with van der Waals surface area (Å²) in [5.41, 5.74) is 7.06. The maximum Gasteiger partial charge on any atom is 0.264 e. The molecule has 0 atom stereocenters. The van der Waals surface area contributed by atoms with Crippen LogP contribution < -0.4 is 10.5 Å². The van der Waals surface area contributed by atoms with Crippen LogP contribution in [0, 0.1) is 0 Å². The van der Waals surface area contributed by atoms with E-state index in [0.29, 0.717) is 23.2 Å². The molecule has 0 unspecified atom stereocenters. The van der Waals surface area contributed by atoms with E-state index in [2.05, 4.69) is 31.1 Å². The standard InChI is InChI=1S/C14H11BrN4O2/c15-10-5-9(6-17-7-10)14-18-13(21-19-14)8-20-12-3-1-11(16)2-4-12/h1-7H,8,16H2. The van der Waals surface area contributed by atoms with Gasteiger partial charge in [-0.3, -0.25) is 4.98 Å². The SMILES string of the molecule is Nc1ccc(OCc2nc(-c3cncc(Br)c3)no2)cc1. The Morgan fingerprint density at radius 3 is 2.76 bits per heavy atom. The highest BCUT2D eigenvalue weighted by Crippen LogP contribution is 2.20. The predicted octanol–water partition coefficient (Wildman–Crippen LogP) is 3.06. The largest absolute Gasteiger partial charge is 0.484 e. The molecule has 0 spiro atoms. The quantitative estimate of drug-likeness (QED) is 0.730. The molecular formula is C14H11BrN4O2. The molecule has 0 radical (unpaired) electrons. The minimum absolute atomic E-state index is 0.193. The van der Waals surface area contributed by atoms with Crippen LogP contribution in [0.2, 0.25) is 0 Å². The van der Waals surface area contributed by atoms with Crippen LogP contribution in [0.4, 0.5) is 5.69 Å². The summed E-state index contributed by atoms with van der Waals surface area (Å²) in [6, 6.07) is 8.96. The van der Waals surface area contributed by atoms with E-state index in [9.17, 15) is 0 Å². The smallest absolute Gasteiger partial charge is 0.264 e. The summed E-state index contributed by atoms with van der Waals surface area (Å²) in [5, 5.41) is 3.91. The molecule has 0 bridgehead atoms. The van der Waals surface area contributed by atoms with Crippen LogP contribution in [0.25, 0.3) is 11.4 Å². The van der Waals surface area contributed by atoms with Crippen LogP contribution in [0.3, 0.4) is 0 Å². The summed E-state index contributed by atoms with van der Waals surface area (Å²) < 4.78 is 11.5. The molecule has 2 N–H and O–H groups in total. The second-order valence-corrected chi connectivity index (χ2v) is 5.18. The highest BCUT2D eigenvalue weighted by molar-refractivity contribution is 9.10. The van der Waals surface area contributed by atoms with E-state index in [-0.39, 0.29) is 6.61 Å². The molecule has 3 rings (SSSR count). The zero-order chi connectivity index (χ0) is 14.7. The van der Waals surface area contributed by atoms with Gasteiger partial charge in [-0.05, 0) is 46.3 Å². The highest BCUT2D eigenvalue weighted by atomic mass is 79.9. The molecule has 2 heterocycles. The minimum Gasteiger partial charge on any atom is -0.484 e. The topological polar surface area (TPSA) is 87.1 Å². The Bertz CT molecular complexity index is 743. The van der Waals surface area contributed by atoms with Crippen LogP contribution in [-0.2, 0) is 6.61 Å². The lowest BCUT2D eigenvalue weighted by Gasteiger charge is -2.02. The van der Waals surface area contributed by atoms with Gasteiger partial charge in [0.25, 0.3) is 5.89 Å². The summed E-state index contributed by atoms with van der Waals surface area (Å²) in [6.07, 6.45) is 3.36. The van der Waals surface area contributed by atoms with Gasteiger partial charge in [-0.25, -0.2) is 0 Å². The summed E-state index contributed by atoms with van der Waals surface area (Å²) >= 11 is 3.35. The number of nitrogens with zero attached hydrogens (tertiary/aromatic N) is 3. The first-order valence-electron chi connectivity index (χ1n) is 6.12. The van der Waals surface area contributed by atoms with Crippen molar-refractivity contribution >= 4 is 21.6 Å². The molecule has 6 nitrogen and oxygen atoms in total. The summed E-state index contributed by atoms with van der Waals surface area (Å²) in [4.78, 5) is 8.33. The minimum atomic E-state index is 0.193. The van der Waals surface area contributed by atoms with E-state index in [0.717, 1.165) is 10.0 Å². The Balaban J connectivity index is 1.69. The molecule has 0 saturated heterocycles. The molecule has 21 heavy (non-hydrogen) atoms. The molecule has 0 saturated carbocycles. The average Bonchev–Trinajstić information content (AvgIpc) is 2.96. The third-order valence-electron chi connectivity index (χ3n) is 2.67. The maximum absolute atomic E-state index is 5.61. The summed E-state index contributed by atoms with van der Waals surface area (Å²) in [5.74, 6) is 1.55. The van der Waals surface area contributed by atoms with Gasteiger partial charge < -0.3 is 15.0 Å². The van der Waals surface area contributed by atoms with Gasteiger partial charge in [0.15, 0.2) is 6.61 Å². The zero-order valence-corrected chi connectivity index (χ0v) is 12.4. The number of benzene rings is 1. The first kappa shape index (κ1) is 13.6. The number of nitrogens with two attached hydrogens (primary N) is 1. The van der Waals surface area contributed by atoms with Crippen molar-refractivity contribution in [2.45, 2.75) is 6.61 Å². The fourth-order valence-electron chi connectivity index (χ4n) is 1.67. The van der Waals surface area contributed by atoms with Crippen molar-refractivity contribution < 1.29 is 9.26 Å². The highest BCUT2D eigenvalue weighted by Gasteiger charge is 2.10. The van der Waals surface area contributed by atoms with Crippen molar-refractivity contribution in [1.82, 2.24) is 15.1 Å². The monoisotopic (exact) mass is 346 g/mol. The van der Waals surface area contributed by atoms with E-state index in [1.54, 1.807) is 36.7 Å². The molecule has 1 aromatic carbocycles. The zero-order valence-electron chi connectivity index (χ0n) is 10.9. The van der Waals surface area contributed by atoms with E-state index in [1.165, 1.54) is 0 Å². The fourth-order valence-corrected chi connectivity index (χ4v) is 2.04. The van der Waals surface area contributed by atoms with Crippen molar-refractivity contribution in [2.24, 2.45) is 0 Å². The number of rotatable bonds is 4. The van der Waals surface area contributed by atoms with Crippen molar-refractivity contribution in [2.75, 3.05) is 5.73 Å². The normalized spacial score (nSPS) is 10.5. The van der Waals surface area contributed by atoms with Crippen molar-refractivity contribution in [3.63, 3.8) is 0 Å². The Kier molecular flexibility index (Phi) is 3.83. The molecule has 0 aliphatic heterocycles. The maximum atomic E-state index is 5.61. The van der Waals surface area contributed by atoms with Crippen LogP contribution in [0.15, 0.2) is 51.7 Å².